The number of hydrogen-bond donors (Lipinski definition) is 2. The Hall–Kier alpha value is -1.58. The van der Waals surface area contributed by atoms with E-state index in [1.54, 1.807) is 0 Å². The lowest BCUT2D eigenvalue weighted by Crippen LogP contribution is -1.97. The van der Waals surface area contributed by atoms with Crippen LogP contribution in [0.3, 0.4) is 0 Å². The molecule has 0 unspecified atom stereocenters. The van der Waals surface area contributed by atoms with Crippen LogP contribution in [-0.4, -0.2) is 17.1 Å². The molecule has 0 heterocycles. The molecule has 0 aliphatic carbocycles. The van der Waals surface area contributed by atoms with E-state index in [1.165, 1.54) is 42.0 Å². The first-order valence-electron chi connectivity index (χ1n) is 8.63. The summed E-state index contributed by atoms with van der Waals surface area (Å²) in [6.45, 7) is 9.20. The normalized spacial score (nSPS) is 9.48. The first kappa shape index (κ1) is 21.4. The molecule has 2 N–H and O–H groups in total. The number of fused-ring (bicyclic) bond motifs is 1. The zero-order valence-electron chi connectivity index (χ0n) is 15.0. The number of aryl methyl sites for hydroxylation is 1. The molecule has 0 atom stereocenters. The van der Waals surface area contributed by atoms with Crippen LogP contribution in [0.5, 0.6) is 5.75 Å². The number of hydrogen-bond acceptors (Lipinski definition) is 3. The first-order valence-corrected chi connectivity index (χ1v) is 8.63. The molecule has 0 amide bonds. The molecule has 0 saturated carbocycles. The molecule has 2 aromatic rings. The van der Waals surface area contributed by atoms with Gasteiger partial charge in [0, 0.05) is 0 Å². The Morgan fingerprint density at radius 1 is 0.826 bits per heavy atom. The highest BCUT2D eigenvalue weighted by Gasteiger charge is 1.98. The van der Waals surface area contributed by atoms with Gasteiger partial charge in [0.1, 0.15) is 5.75 Å². The molecule has 0 aliphatic rings. The number of rotatable bonds is 7. The van der Waals surface area contributed by atoms with Crippen molar-refractivity contribution in [1.82, 2.24) is 0 Å². The summed E-state index contributed by atoms with van der Waals surface area (Å²) in [5.74, 6) is 0.992. The summed E-state index contributed by atoms with van der Waals surface area (Å²) in [4.78, 5) is 0. The zero-order chi connectivity index (χ0) is 17.5. The van der Waals surface area contributed by atoms with Crippen LogP contribution in [0, 0.1) is 6.92 Å². The van der Waals surface area contributed by atoms with Gasteiger partial charge in [-0.3, -0.25) is 10.5 Å². The Kier molecular flexibility index (Phi) is 13.1. The summed E-state index contributed by atoms with van der Waals surface area (Å²) in [5.41, 5.74) is 1.30. The molecule has 0 spiro atoms. The Morgan fingerprint density at radius 2 is 1.43 bits per heavy atom. The van der Waals surface area contributed by atoms with Crippen LogP contribution >= 0.6 is 0 Å². The maximum Gasteiger partial charge on any atom is 0.119 e. The molecule has 3 nitrogen and oxygen atoms in total. The van der Waals surface area contributed by atoms with Crippen molar-refractivity contribution in [2.24, 2.45) is 0 Å². The molecule has 2 rings (SSSR count). The van der Waals surface area contributed by atoms with Crippen LogP contribution in [0.4, 0.5) is 0 Å². The Bertz CT molecular complexity index is 523. The van der Waals surface area contributed by atoms with Gasteiger partial charge in [0.15, 0.2) is 0 Å². The number of unbranched alkanes of at least 4 members (excludes halogenated alkanes) is 4. The molecule has 0 bridgehead atoms. The maximum absolute atomic E-state index is 6.00. The van der Waals surface area contributed by atoms with Crippen molar-refractivity contribution < 1.29 is 15.3 Å². The second kappa shape index (κ2) is 14.0. The smallest absolute Gasteiger partial charge is 0.119 e. The standard InChI is InChI=1S/C18H24O.C2H6.H2O2/c1-3-4-5-6-7-12-19-18-11-10-16-13-15(2)8-9-17(16)14-18;2*1-2/h8-11,13-14H,3-7,12H2,1-2H3;1-2H3;1-2H. The summed E-state index contributed by atoms with van der Waals surface area (Å²) in [6, 6.07) is 12.9. The van der Waals surface area contributed by atoms with Gasteiger partial charge in [0.25, 0.3) is 0 Å². The van der Waals surface area contributed by atoms with Gasteiger partial charge in [-0.1, -0.05) is 76.3 Å². The molecular formula is C20H32O3. The van der Waals surface area contributed by atoms with E-state index in [9.17, 15) is 0 Å². The van der Waals surface area contributed by atoms with Crippen molar-refractivity contribution in [1.29, 1.82) is 0 Å². The molecule has 0 saturated heterocycles. The minimum atomic E-state index is 0.834. The highest BCUT2D eigenvalue weighted by Crippen LogP contribution is 2.22. The SMILES string of the molecule is CC.CCCCCCCOc1ccc2cc(C)ccc2c1.OO. The van der Waals surface area contributed by atoms with Crippen LogP contribution < -0.4 is 4.74 Å². The van der Waals surface area contributed by atoms with E-state index in [0.29, 0.717) is 0 Å². The molecule has 23 heavy (non-hydrogen) atoms. The predicted molar refractivity (Wildman–Crippen MR) is 99.5 cm³/mol. The highest BCUT2D eigenvalue weighted by molar-refractivity contribution is 5.84. The fraction of sp³-hybridized carbons (Fsp3) is 0.500. The molecule has 2 aromatic carbocycles. The second-order valence-corrected chi connectivity index (χ2v) is 5.28. The minimum Gasteiger partial charge on any atom is -0.494 e. The van der Waals surface area contributed by atoms with Crippen LogP contribution in [0.2, 0.25) is 0 Å². The van der Waals surface area contributed by atoms with Gasteiger partial charge in [-0.05, 0) is 36.2 Å². The van der Waals surface area contributed by atoms with Gasteiger partial charge in [-0.2, -0.15) is 0 Å². The third-order valence-corrected chi connectivity index (χ3v) is 3.48. The van der Waals surface area contributed by atoms with Gasteiger partial charge in [-0.15, -0.1) is 0 Å². The highest BCUT2D eigenvalue weighted by atomic mass is 17.0. The number of benzene rings is 2. The number of ether oxygens (including phenoxy) is 1. The van der Waals surface area contributed by atoms with Gasteiger partial charge in [0.2, 0.25) is 0 Å². The van der Waals surface area contributed by atoms with Crippen molar-refractivity contribution in [3.8, 4) is 5.75 Å². The van der Waals surface area contributed by atoms with Crippen LogP contribution in [0.1, 0.15) is 58.4 Å². The lowest BCUT2D eigenvalue weighted by atomic mass is 10.1. The van der Waals surface area contributed by atoms with Crippen LogP contribution in [0.25, 0.3) is 10.8 Å². The molecular weight excluding hydrogens is 288 g/mol. The molecule has 0 radical (unpaired) electrons. The average Bonchev–Trinajstić information content (AvgIpc) is 2.61. The van der Waals surface area contributed by atoms with E-state index in [2.05, 4.69) is 50.2 Å². The van der Waals surface area contributed by atoms with E-state index in [-0.39, 0.29) is 0 Å². The quantitative estimate of drug-likeness (QED) is 0.346. The molecule has 3 heteroatoms. The van der Waals surface area contributed by atoms with Crippen LogP contribution in [-0.2, 0) is 0 Å². The Morgan fingerprint density at radius 3 is 2.13 bits per heavy atom. The first-order chi connectivity index (χ1) is 11.3. The lowest BCUT2D eigenvalue weighted by Gasteiger charge is -2.07. The van der Waals surface area contributed by atoms with E-state index in [4.69, 9.17) is 15.3 Å². The zero-order valence-corrected chi connectivity index (χ0v) is 15.0. The van der Waals surface area contributed by atoms with Gasteiger partial charge in [-0.25, -0.2) is 0 Å². The summed E-state index contributed by atoms with van der Waals surface area (Å²) in [5, 5.41) is 14.5. The summed E-state index contributed by atoms with van der Waals surface area (Å²) >= 11 is 0. The van der Waals surface area contributed by atoms with Gasteiger partial charge < -0.3 is 4.74 Å². The largest absolute Gasteiger partial charge is 0.494 e. The second-order valence-electron chi connectivity index (χ2n) is 5.28. The predicted octanol–water partition coefficient (Wildman–Crippen LogP) is 6.54. The third kappa shape index (κ3) is 8.58. The topological polar surface area (TPSA) is 49.7 Å². The fourth-order valence-electron chi connectivity index (χ4n) is 2.33. The fourth-order valence-corrected chi connectivity index (χ4v) is 2.33. The lowest BCUT2D eigenvalue weighted by molar-refractivity contribution is -0.176. The van der Waals surface area contributed by atoms with Crippen molar-refractivity contribution in [2.75, 3.05) is 6.61 Å². The van der Waals surface area contributed by atoms with Crippen molar-refractivity contribution in [3.63, 3.8) is 0 Å². The van der Waals surface area contributed by atoms with Crippen molar-refractivity contribution in [2.45, 2.75) is 59.8 Å². The summed E-state index contributed by atoms with van der Waals surface area (Å²) < 4.78 is 5.82. The van der Waals surface area contributed by atoms with E-state index in [0.717, 1.165) is 18.8 Å². The van der Waals surface area contributed by atoms with Gasteiger partial charge >= 0.3 is 0 Å². The van der Waals surface area contributed by atoms with Crippen molar-refractivity contribution in [3.05, 3.63) is 42.0 Å². The van der Waals surface area contributed by atoms with E-state index in [1.807, 2.05) is 13.8 Å². The molecule has 0 aromatic heterocycles. The molecule has 0 fully saturated rings. The Labute approximate surface area is 140 Å². The monoisotopic (exact) mass is 320 g/mol. The average molecular weight is 320 g/mol. The van der Waals surface area contributed by atoms with Gasteiger partial charge in [0.05, 0.1) is 6.61 Å². The summed E-state index contributed by atoms with van der Waals surface area (Å²) in [7, 11) is 0. The van der Waals surface area contributed by atoms with Crippen LogP contribution in [0.15, 0.2) is 36.4 Å². The minimum absolute atomic E-state index is 0.834. The maximum atomic E-state index is 6.00. The molecule has 130 valence electrons. The molecule has 0 aliphatic heterocycles. The Balaban J connectivity index is 0.00000112. The van der Waals surface area contributed by atoms with Crippen molar-refractivity contribution >= 4 is 10.8 Å². The third-order valence-electron chi connectivity index (χ3n) is 3.48. The summed E-state index contributed by atoms with van der Waals surface area (Å²) in [6.07, 6.45) is 6.41. The van der Waals surface area contributed by atoms with E-state index < -0.39 is 0 Å². The van der Waals surface area contributed by atoms with E-state index >= 15 is 0 Å².